The van der Waals surface area contributed by atoms with E-state index in [2.05, 4.69) is 35.9 Å². The number of benzene rings is 1. The van der Waals surface area contributed by atoms with Gasteiger partial charge in [0.15, 0.2) is 11.5 Å². The van der Waals surface area contributed by atoms with E-state index in [9.17, 15) is 0 Å². The summed E-state index contributed by atoms with van der Waals surface area (Å²) in [6, 6.07) is 8.08. The Morgan fingerprint density at radius 2 is 1.80 bits per heavy atom. The first-order valence-electron chi connectivity index (χ1n) is 9.86. The fourth-order valence-electron chi connectivity index (χ4n) is 3.56. The number of rotatable bonds is 6. The second-order valence-corrected chi connectivity index (χ2v) is 7.04. The van der Waals surface area contributed by atoms with E-state index < -0.39 is 0 Å². The lowest BCUT2D eigenvalue weighted by molar-refractivity contribution is 0.198. The molecule has 0 amide bonds. The minimum Gasteiger partial charge on any atom is -0.497 e. The van der Waals surface area contributed by atoms with E-state index in [1.807, 2.05) is 30.4 Å². The minimum atomic E-state index is 0.512. The van der Waals surface area contributed by atoms with Crippen LogP contribution in [0.5, 0.6) is 5.75 Å². The summed E-state index contributed by atoms with van der Waals surface area (Å²) >= 11 is 0. The molecule has 3 rings (SSSR count). The predicted molar refractivity (Wildman–Crippen MR) is 119 cm³/mol. The normalized spacial score (nSPS) is 20.2. The van der Waals surface area contributed by atoms with Gasteiger partial charge in [0.05, 0.1) is 27.9 Å². The van der Waals surface area contributed by atoms with Crippen LogP contribution in [0.2, 0.25) is 0 Å². The standard InChI is InChI=1S/C25H29NO4/c1-26-14-13-19-16-25(30-5)24(29-4)12-10-18(19)9-11-22(23(26)17-27-2)20-7-6-8-21(15-20)28-3/h6-9,11-12,15-16H,13-14,17H2,1-5H3/b11-9+,23-22+. The van der Waals surface area contributed by atoms with Crippen LogP contribution >= 0.6 is 0 Å². The van der Waals surface area contributed by atoms with Gasteiger partial charge < -0.3 is 23.8 Å². The Hall–Kier alpha value is -3.14. The highest BCUT2D eigenvalue weighted by Gasteiger charge is 2.18. The lowest BCUT2D eigenvalue weighted by atomic mass is 9.99. The molecule has 1 heterocycles. The molecule has 0 fully saturated rings. The van der Waals surface area contributed by atoms with Crippen molar-refractivity contribution in [1.82, 2.24) is 4.90 Å². The Labute approximate surface area is 178 Å². The molecule has 0 saturated carbocycles. The first-order valence-corrected chi connectivity index (χ1v) is 9.86. The number of fused-ring (bicyclic) bond motifs is 1. The molecule has 2 aliphatic rings. The fourth-order valence-corrected chi connectivity index (χ4v) is 3.56. The lowest BCUT2D eigenvalue weighted by Crippen LogP contribution is -2.23. The number of methoxy groups -OCH3 is 4. The van der Waals surface area contributed by atoms with Gasteiger partial charge in [-0.2, -0.15) is 0 Å². The van der Waals surface area contributed by atoms with E-state index in [-0.39, 0.29) is 0 Å². The van der Waals surface area contributed by atoms with Crippen molar-refractivity contribution in [3.63, 3.8) is 0 Å². The lowest BCUT2D eigenvalue weighted by Gasteiger charge is -2.25. The number of ether oxygens (including phenoxy) is 4. The molecule has 5 heteroatoms. The summed E-state index contributed by atoms with van der Waals surface area (Å²) in [6.45, 7) is 1.34. The molecule has 1 aromatic carbocycles. The van der Waals surface area contributed by atoms with Crippen molar-refractivity contribution in [2.75, 3.05) is 48.6 Å². The molecule has 5 nitrogen and oxygen atoms in total. The van der Waals surface area contributed by atoms with Crippen molar-refractivity contribution in [3.05, 3.63) is 88.2 Å². The van der Waals surface area contributed by atoms with Gasteiger partial charge in [-0.15, -0.1) is 5.73 Å². The summed E-state index contributed by atoms with van der Waals surface area (Å²) in [7, 11) is 8.79. The third-order valence-electron chi connectivity index (χ3n) is 5.26. The SMILES string of the molecule is COC/C1=C(c2cccc(OC)c2)/C=C/C2=C=CC(OC)=C(OC)C=C2CCN1C. The summed E-state index contributed by atoms with van der Waals surface area (Å²) in [5.74, 6) is 2.18. The van der Waals surface area contributed by atoms with Crippen LogP contribution in [0.15, 0.2) is 82.7 Å². The number of allylic oxidation sites excluding steroid dienone is 5. The molecule has 1 aliphatic carbocycles. The average molecular weight is 408 g/mol. The number of likely N-dealkylation sites (N-methyl/N-ethyl adjacent to an activating group) is 1. The molecular formula is C25H29NO4. The Bertz CT molecular complexity index is 975. The molecule has 0 atom stereocenters. The van der Waals surface area contributed by atoms with E-state index in [1.165, 1.54) is 0 Å². The molecule has 0 aromatic heterocycles. The molecule has 30 heavy (non-hydrogen) atoms. The van der Waals surface area contributed by atoms with Crippen molar-refractivity contribution >= 4 is 5.57 Å². The zero-order valence-electron chi connectivity index (χ0n) is 18.3. The summed E-state index contributed by atoms with van der Waals surface area (Å²) in [5.41, 5.74) is 8.80. The molecular weight excluding hydrogens is 378 g/mol. The zero-order chi connectivity index (χ0) is 21.5. The highest BCUT2D eigenvalue weighted by atomic mass is 16.5. The zero-order valence-corrected chi connectivity index (χ0v) is 18.3. The Morgan fingerprint density at radius 1 is 1.00 bits per heavy atom. The molecule has 1 aromatic rings. The first-order chi connectivity index (χ1) is 14.6. The minimum absolute atomic E-state index is 0.512. The van der Waals surface area contributed by atoms with Gasteiger partial charge in [-0.1, -0.05) is 18.2 Å². The summed E-state index contributed by atoms with van der Waals surface area (Å²) < 4.78 is 22.0. The van der Waals surface area contributed by atoms with Gasteiger partial charge in [0.1, 0.15) is 5.75 Å². The number of hydrogen-bond donors (Lipinski definition) is 0. The van der Waals surface area contributed by atoms with Crippen LogP contribution in [-0.4, -0.2) is 53.5 Å². The van der Waals surface area contributed by atoms with Crippen LogP contribution in [0.1, 0.15) is 12.0 Å². The molecule has 0 bridgehead atoms. The molecule has 0 radical (unpaired) electrons. The first kappa shape index (κ1) is 21.6. The van der Waals surface area contributed by atoms with Gasteiger partial charge in [-0.05, 0) is 41.8 Å². The number of hydrogen-bond acceptors (Lipinski definition) is 5. The quantitative estimate of drug-likeness (QED) is 0.651. The van der Waals surface area contributed by atoms with Crippen molar-refractivity contribution in [3.8, 4) is 5.75 Å². The summed E-state index contributed by atoms with van der Waals surface area (Å²) in [5, 5.41) is 0. The topological polar surface area (TPSA) is 40.2 Å². The van der Waals surface area contributed by atoms with Crippen molar-refractivity contribution in [2.24, 2.45) is 0 Å². The van der Waals surface area contributed by atoms with Gasteiger partial charge >= 0.3 is 0 Å². The maximum atomic E-state index is 5.55. The second-order valence-electron chi connectivity index (χ2n) is 7.04. The van der Waals surface area contributed by atoms with Gasteiger partial charge in [0.2, 0.25) is 0 Å². The predicted octanol–water partition coefficient (Wildman–Crippen LogP) is 4.47. The van der Waals surface area contributed by atoms with Gasteiger partial charge in [-0.3, -0.25) is 0 Å². The average Bonchev–Trinajstić information content (AvgIpc) is 2.91. The molecule has 0 unspecified atom stereocenters. The number of nitrogens with zero attached hydrogens (tertiary/aromatic N) is 1. The van der Waals surface area contributed by atoms with E-state index >= 15 is 0 Å². The van der Waals surface area contributed by atoms with Crippen LogP contribution in [0.25, 0.3) is 5.57 Å². The Balaban J connectivity index is 2.14. The van der Waals surface area contributed by atoms with Crippen LogP contribution in [0.3, 0.4) is 0 Å². The van der Waals surface area contributed by atoms with Crippen LogP contribution < -0.4 is 4.74 Å². The van der Waals surface area contributed by atoms with Crippen molar-refractivity contribution in [2.45, 2.75) is 6.42 Å². The Kier molecular flexibility index (Phi) is 7.23. The maximum Gasteiger partial charge on any atom is 0.168 e. The summed E-state index contributed by atoms with van der Waals surface area (Å²) in [6.07, 6.45) is 8.92. The van der Waals surface area contributed by atoms with Crippen LogP contribution in [0, 0.1) is 0 Å². The van der Waals surface area contributed by atoms with Crippen LogP contribution in [-0.2, 0) is 14.2 Å². The van der Waals surface area contributed by atoms with Crippen molar-refractivity contribution < 1.29 is 18.9 Å². The fraction of sp³-hybridized carbons (Fsp3) is 0.320. The molecule has 1 aliphatic heterocycles. The van der Waals surface area contributed by atoms with Gasteiger partial charge in [0, 0.05) is 43.6 Å². The smallest absolute Gasteiger partial charge is 0.168 e. The second kappa shape index (κ2) is 10.1. The molecule has 0 N–H and O–H groups in total. The highest BCUT2D eigenvalue weighted by Crippen LogP contribution is 2.31. The van der Waals surface area contributed by atoms with Crippen LogP contribution in [0.4, 0.5) is 0 Å². The highest BCUT2D eigenvalue weighted by molar-refractivity contribution is 5.78. The summed E-state index contributed by atoms with van der Waals surface area (Å²) in [4.78, 5) is 2.24. The molecule has 158 valence electrons. The van der Waals surface area contributed by atoms with Gasteiger partial charge in [-0.25, -0.2) is 0 Å². The largest absolute Gasteiger partial charge is 0.497 e. The van der Waals surface area contributed by atoms with E-state index in [0.717, 1.165) is 46.7 Å². The third-order valence-corrected chi connectivity index (χ3v) is 5.26. The van der Waals surface area contributed by atoms with Gasteiger partial charge in [0.25, 0.3) is 0 Å². The monoisotopic (exact) mass is 407 g/mol. The maximum absolute atomic E-state index is 5.55. The van der Waals surface area contributed by atoms with E-state index in [1.54, 1.807) is 28.4 Å². The molecule has 0 saturated heterocycles. The molecule has 0 spiro atoms. The third kappa shape index (κ3) is 4.70. The Morgan fingerprint density at radius 3 is 2.50 bits per heavy atom. The van der Waals surface area contributed by atoms with Crippen molar-refractivity contribution in [1.29, 1.82) is 0 Å². The van der Waals surface area contributed by atoms with E-state index in [0.29, 0.717) is 18.1 Å². The van der Waals surface area contributed by atoms with E-state index in [4.69, 9.17) is 18.9 Å².